The first-order chi connectivity index (χ1) is 0. The van der Waals surface area contributed by atoms with E-state index in [9.17, 15) is 0 Å². The summed E-state index contributed by atoms with van der Waals surface area (Å²) < 4.78 is 0. The summed E-state index contributed by atoms with van der Waals surface area (Å²) in [7, 11) is 0. The zero-order chi connectivity index (χ0) is 0. The van der Waals surface area contributed by atoms with Gasteiger partial charge in [-0.3, -0.25) is 0 Å². The van der Waals surface area contributed by atoms with Crippen LogP contribution in [0, 0.1) is 40.8 Å². The van der Waals surface area contributed by atoms with Gasteiger partial charge >= 0.3 is 0 Å². The molecule has 8 radical (unpaired) electrons. The molecule has 0 amide bonds. The fraction of sp³-hybridized carbons (Fsp3) is 0. The van der Waals surface area contributed by atoms with Gasteiger partial charge in [0.25, 0.3) is 0 Å². The third kappa shape index (κ3) is 8.97. The fourth-order valence-electron chi connectivity index (χ4n) is 0. The smallest absolute Gasteiger partial charge is 0 e. The molecule has 0 aromatic heterocycles. The topological polar surface area (TPSA) is 0 Å². The molecule has 4 heavy (non-hydrogen) atoms. The predicted molar refractivity (Wildman–Crippen MR) is 18.8 cm³/mol. The molecule has 0 atom stereocenters. The quantitative estimate of drug-likeness (QED) is 0.473. The van der Waals surface area contributed by atoms with E-state index in [-0.39, 0.29) is 101 Å². The van der Waals surface area contributed by atoms with E-state index in [2.05, 4.69) is 0 Å². The molecular weight excluding hydrogens is 417 g/mol. The Labute approximate surface area is 98.7 Å². The van der Waals surface area contributed by atoms with Gasteiger partial charge in [0.1, 0.15) is 0 Å². The molecule has 0 N–H and O–H groups in total. The van der Waals surface area contributed by atoms with Crippen molar-refractivity contribution in [3.05, 3.63) is 0 Å². The average Bonchev–Trinajstić information content (AvgIpc) is 0. The molecule has 0 aliphatic carbocycles. The van der Waals surface area contributed by atoms with Gasteiger partial charge in [0.05, 0.1) is 0 Å². The summed E-state index contributed by atoms with van der Waals surface area (Å²) in [6.07, 6.45) is 0. The van der Waals surface area contributed by atoms with Crippen molar-refractivity contribution in [2.24, 2.45) is 0 Å². The molecule has 0 aromatic carbocycles. The molecule has 0 aromatic rings. The molecule has 0 bridgehead atoms. The van der Waals surface area contributed by atoms with Gasteiger partial charge in [-0.1, -0.05) is 0 Å². The minimum Gasteiger partial charge on any atom is -0.147 e. The van der Waals surface area contributed by atoms with Crippen LogP contribution in [0.15, 0.2) is 0 Å². The van der Waals surface area contributed by atoms with Crippen LogP contribution in [0.5, 0.6) is 0 Å². The van der Waals surface area contributed by atoms with Crippen LogP contribution >= 0.6 is 12.4 Å². The maximum absolute atomic E-state index is 0. The summed E-state index contributed by atoms with van der Waals surface area (Å²) in [6.45, 7) is 0. The van der Waals surface area contributed by atoms with Crippen LogP contribution in [0.4, 0.5) is 0 Å². The van der Waals surface area contributed by atoms with E-state index in [4.69, 9.17) is 0 Å². The van der Waals surface area contributed by atoms with Gasteiger partial charge in [-0.2, -0.15) is 0 Å². The third-order valence-corrected chi connectivity index (χ3v) is 0. The predicted octanol–water partition coefficient (Wildman–Crippen LogP) is -0.340. The second-order valence-electron chi connectivity index (χ2n) is 0. The average molecular weight is 418 g/mol. The van der Waals surface area contributed by atoms with E-state index in [0.29, 0.717) is 0 Å². The first kappa shape index (κ1) is 26.9. The summed E-state index contributed by atoms with van der Waals surface area (Å²) in [5.74, 6) is 0. The normalized spacial score (nSPS) is 0. The van der Waals surface area contributed by atoms with Crippen LogP contribution in [0.25, 0.3) is 0 Å². The van der Waals surface area contributed by atoms with Gasteiger partial charge in [0.15, 0.2) is 0 Å². The van der Waals surface area contributed by atoms with Crippen LogP contribution < -0.4 is 0 Å². The molecule has 0 unspecified atom stereocenters. The van der Waals surface area contributed by atoms with Crippen molar-refractivity contribution in [2.45, 2.75) is 0 Å². The number of rotatable bonds is 0. The zero-order valence-electron chi connectivity index (χ0n) is 1.91. The van der Waals surface area contributed by atoms with E-state index in [1.807, 2.05) is 0 Å². The van der Waals surface area contributed by atoms with Crippen LogP contribution in [-0.2, 0) is 0 Å². The molecule has 0 fully saturated rings. The largest absolute Gasteiger partial charge is 0.147 e. The van der Waals surface area contributed by atoms with Crippen LogP contribution in [0.2, 0.25) is 0 Å². The summed E-state index contributed by atoms with van der Waals surface area (Å²) in [5, 5.41) is 0. The van der Waals surface area contributed by atoms with Gasteiger partial charge in [0, 0.05) is 88.7 Å². The Kier molecular flexibility index (Phi) is 110. The molecule has 0 rings (SSSR count). The fourth-order valence-corrected chi connectivity index (χ4v) is 0. The summed E-state index contributed by atoms with van der Waals surface area (Å²) in [6, 6.07) is 0. The van der Waals surface area contributed by atoms with E-state index in [0.717, 1.165) is 0 Å². The maximum Gasteiger partial charge on any atom is 0 e. The number of hydrogen-bond acceptors (Lipinski definition) is 0. The second kappa shape index (κ2) is 16.3. The van der Waals surface area contributed by atoms with E-state index in [1.165, 1.54) is 0 Å². The van der Waals surface area contributed by atoms with E-state index >= 15 is 0 Å². The number of hydrogen-bond donors (Lipinski definition) is 0. The van der Waals surface area contributed by atoms with Gasteiger partial charge in [-0.15, -0.1) is 12.4 Å². The molecule has 0 nitrogen and oxygen atoms in total. The Balaban J connectivity index is 0. The molecule has 0 saturated carbocycles. The molecule has 0 spiro atoms. The maximum atomic E-state index is 0. The minimum atomic E-state index is 0. The van der Waals surface area contributed by atoms with E-state index in [1.54, 1.807) is 0 Å². The van der Waals surface area contributed by atoms with Crippen LogP contribution in [0.1, 0.15) is 0 Å². The molecule has 0 saturated heterocycles. The molecular formula is HClNdSn2. The third-order valence-electron chi connectivity index (χ3n) is 0. The van der Waals surface area contributed by atoms with Crippen LogP contribution in [0.3, 0.4) is 0 Å². The Morgan fingerprint density at radius 2 is 0.750 bits per heavy atom. The summed E-state index contributed by atoms with van der Waals surface area (Å²) in [4.78, 5) is 0. The van der Waals surface area contributed by atoms with Crippen molar-refractivity contribution in [2.75, 3.05) is 0 Å². The van der Waals surface area contributed by atoms with Crippen molar-refractivity contribution in [3.63, 3.8) is 0 Å². The molecule has 4 heteroatoms. The van der Waals surface area contributed by atoms with Gasteiger partial charge in [-0.25, -0.2) is 0 Å². The van der Waals surface area contributed by atoms with Crippen molar-refractivity contribution in [3.8, 4) is 0 Å². The van der Waals surface area contributed by atoms with Crippen molar-refractivity contribution in [1.82, 2.24) is 0 Å². The van der Waals surface area contributed by atoms with Crippen molar-refractivity contribution < 1.29 is 40.8 Å². The van der Waals surface area contributed by atoms with Gasteiger partial charge < -0.3 is 0 Å². The molecule has 0 aliphatic rings. The van der Waals surface area contributed by atoms with Crippen molar-refractivity contribution in [1.29, 1.82) is 0 Å². The summed E-state index contributed by atoms with van der Waals surface area (Å²) >= 11 is 0. The zero-order valence-corrected chi connectivity index (χ0v) is 11.6. The second-order valence-corrected chi connectivity index (χ2v) is 0. The van der Waals surface area contributed by atoms with E-state index < -0.39 is 0 Å². The van der Waals surface area contributed by atoms with Gasteiger partial charge in [-0.05, 0) is 0 Å². The first-order valence-corrected chi connectivity index (χ1v) is 0. The minimum absolute atomic E-state index is 0. The number of halogens is 1. The standard InChI is InChI=1S/ClH.Nd.2Sn/h1H;;;. The molecule has 0 heterocycles. The Bertz CT molecular complexity index is 6.00. The first-order valence-electron chi connectivity index (χ1n) is 0. The Hall–Kier alpha value is 3.24. The Morgan fingerprint density at radius 3 is 0.750 bits per heavy atom. The SMILES string of the molecule is Cl.[Nd].[Sn].[Sn]. The van der Waals surface area contributed by atoms with Crippen molar-refractivity contribution >= 4 is 60.2 Å². The summed E-state index contributed by atoms with van der Waals surface area (Å²) in [5.41, 5.74) is 0. The molecule has 0 aliphatic heterocycles. The van der Waals surface area contributed by atoms with Crippen LogP contribution in [-0.4, -0.2) is 47.8 Å². The molecule has 20 valence electrons. The Morgan fingerprint density at radius 1 is 0.750 bits per heavy atom. The van der Waals surface area contributed by atoms with Gasteiger partial charge in [0.2, 0.25) is 0 Å². The monoisotopic (exact) mass is 418 g/mol.